The number of likely N-dealkylation sites (N-methyl/N-ethyl adjacent to an activating group) is 2. The van der Waals surface area contributed by atoms with E-state index in [2.05, 4.69) is 52.0 Å². The zero-order valence-corrected chi connectivity index (χ0v) is 19.9. The van der Waals surface area contributed by atoms with E-state index in [4.69, 9.17) is 0 Å². The third-order valence-electron chi connectivity index (χ3n) is 6.74. The summed E-state index contributed by atoms with van der Waals surface area (Å²) in [6.07, 6.45) is 1.45. The summed E-state index contributed by atoms with van der Waals surface area (Å²) in [5, 5.41) is 0. The van der Waals surface area contributed by atoms with Gasteiger partial charge in [-0.15, -0.1) is 0 Å². The molecular weight excluding hydrogens is 396 g/mol. The molecule has 0 unspecified atom stereocenters. The number of hydrogen-bond acceptors (Lipinski definition) is 2. The lowest BCUT2D eigenvalue weighted by Gasteiger charge is -2.30. The van der Waals surface area contributed by atoms with Crippen molar-refractivity contribution >= 4 is 11.8 Å². The molecule has 166 valence electrons. The summed E-state index contributed by atoms with van der Waals surface area (Å²) in [6, 6.07) is 20.4. The van der Waals surface area contributed by atoms with Gasteiger partial charge in [0.15, 0.2) is 0 Å². The molecular formula is C28H32N2O2. The van der Waals surface area contributed by atoms with Crippen molar-refractivity contribution in [2.45, 2.75) is 40.5 Å². The first-order valence-electron chi connectivity index (χ1n) is 11.2. The number of nitrogens with zero attached hydrogens (tertiary/aromatic N) is 2. The summed E-state index contributed by atoms with van der Waals surface area (Å²) >= 11 is 0. The van der Waals surface area contributed by atoms with E-state index >= 15 is 0 Å². The Hall–Kier alpha value is -3.14. The highest BCUT2D eigenvalue weighted by Gasteiger charge is 2.51. The summed E-state index contributed by atoms with van der Waals surface area (Å²) in [5.74, 6) is -0.0217. The summed E-state index contributed by atoms with van der Waals surface area (Å²) in [5.41, 5.74) is 4.51. The molecule has 0 fully saturated rings. The van der Waals surface area contributed by atoms with Crippen LogP contribution in [0.4, 0.5) is 0 Å². The lowest BCUT2D eigenvalue weighted by molar-refractivity contribution is -0.125. The van der Waals surface area contributed by atoms with Gasteiger partial charge in [-0.3, -0.25) is 9.59 Å². The third kappa shape index (κ3) is 3.58. The van der Waals surface area contributed by atoms with Gasteiger partial charge in [-0.25, -0.2) is 0 Å². The number of rotatable bonds is 6. The van der Waals surface area contributed by atoms with E-state index in [1.165, 1.54) is 11.1 Å². The molecule has 0 radical (unpaired) electrons. The van der Waals surface area contributed by atoms with Crippen LogP contribution in [0.2, 0.25) is 0 Å². The lowest BCUT2D eigenvalue weighted by Crippen LogP contribution is -2.34. The topological polar surface area (TPSA) is 40.6 Å². The van der Waals surface area contributed by atoms with Crippen LogP contribution < -0.4 is 0 Å². The normalized spacial score (nSPS) is 17.1. The molecule has 0 saturated carbocycles. The molecule has 0 aliphatic carbocycles. The number of amides is 2. The molecule has 4 heteroatoms. The first-order valence-corrected chi connectivity index (χ1v) is 11.2. The quantitative estimate of drug-likeness (QED) is 0.651. The van der Waals surface area contributed by atoms with Crippen molar-refractivity contribution in [1.82, 2.24) is 9.80 Å². The van der Waals surface area contributed by atoms with Crippen molar-refractivity contribution in [2.24, 2.45) is 10.8 Å². The van der Waals surface area contributed by atoms with Crippen molar-refractivity contribution in [1.29, 1.82) is 0 Å². The van der Waals surface area contributed by atoms with Gasteiger partial charge in [0.05, 0.1) is 11.4 Å². The Kier molecular flexibility index (Phi) is 5.36. The van der Waals surface area contributed by atoms with Crippen molar-refractivity contribution < 1.29 is 9.59 Å². The van der Waals surface area contributed by atoms with Crippen molar-refractivity contribution in [3.8, 4) is 0 Å². The van der Waals surface area contributed by atoms with E-state index in [1.807, 2.05) is 36.4 Å². The fraction of sp³-hybridized carbons (Fsp3) is 0.357. The van der Waals surface area contributed by atoms with Gasteiger partial charge in [-0.2, -0.15) is 0 Å². The Morgan fingerprint density at radius 3 is 1.22 bits per heavy atom. The SMILES string of the molecule is CN1C(=O)C(C(C)(C)Cc2ccccc2)=C2C1=C(C(C)(C)Cc1ccccc1)C(=O)N2C. The van der Waals surface area contributed by atoms with Gasteiger partial charge >= 0.3 is 0 Å². The Labute approximate surface area is 191 Å². The Balaban J connectivity index is 1.82. The number of carbonyl (C=O) groups excluding carboxylic acids is 2. The first kappa shape index (κ1) is 22.1. The highest BCUT2D eigenvalue weighted by atomic mass is 16.2. The molecule has 4 rings (SSSR count). The lowest BCUT2D eigenvalue weighted by atomic mass is 9.77. The van der Waals surface area contributed by atoms with E-state index in [1.54, 1.807) is 23.9 Å². The highest BCUT2D eigenvalue weighted by Crippen LogP contribution is 2.50. The summed E-state index contributed by atoms with van der Waals surface area (Å²) < 4.78 is 0. The minimum absolute atomic E-state index is 0.0108. The maximum atomic E-state index is 13.5. The van der Waals surface area contributed by atoms with Gasteiger partial charge in [-0.1, -0.05) is 88.4 Å². The minimum atomic E-state index is -0.419. The highest BCUT2D eigenvalue weighted by molar-refractivity contribution is 6.10. The molecule has 2 amide bonds. The van der Waals surface area contributed by atoms with Crippen LogP contribution in [-0.2, 0) is 22.4 Å². The van der Waals surface area contributed by atoms with Crippen LogP contribution in [0.5, 0.6) is 0 Å². The van der Waals surface area contributed by atoms with E-state index in [9.17, 15) is 9.59 Å². The fourth-order valence-electron chi connectivity index (χ4n) is 5.24. The van der Waals surface area contributed by atoms with Gasteiger partial charge in [0.25, 0.3) is 11.8 Å². The molecule has 2 heterocycles. The third-order valence-corrected chi connectivity index (χ3v) is 6.74. The largest absolute Gasteiger partial charge is 0.309 e. The van der Waals surface area contributed by atoms with Crippen LogP contribution in [0.15, 0.2) is 83.2 Å². The van der Waals surface area contributed by atoms with Crippen LogP contribution >= 0.6 is 0 Å². The smallest absolute Gasteiger partial charge is 0.256 e. The van der Waals surface area contributed by atoms with E-state index < -0.39 is 10.8 Å². The zero-order chi connectivity index (χ0) is 23.3. The minimum Gasteiger partial charge on any atom is -0.309 e. The van der Waals surface area contributed by atoms with Crippen LogP contribution in [0, 0.1) is 10.8 Å². The number of fused-ring (bicyclic) bond motifs is 1. The molecule has 2 aromatic rings. The molecule has 2 aliphatic rings. The van der Waals surface area contributed by atoms with Gasteiger partial charge in [0.1, 0.15) is 0 Å². The Bertz CT molecular complexity index is 1030. The van der Waals surface area contributed by atoms with Gasteiger partial charge in [0.2, 0.25) is 0 Å². The van der Waals surface area contributed by atoms with Crippen molar-refractivity contribution in [3.05, 3.63) is 94.3 Å². The molecule has 0 bridgehead atoms. The maximum Gasteiger partial charge on any atom is 0.256 e. The zero-order valence-electron chi connectivity index (χ0n) is 19.9. The second-order valence-electron chi connectivity index (χ2n) is 10.3. The molecule has 0 aromatic heterocycles. The van der Waals surface area contributed by atoms with Crippen LogP contribution in [0.3, 0.4) is 0 Å². The number of carbonyl (C=O) groups is 2. The molecule has 4 nitrogen and oxygen atoms in total. The molecule has 2 aromatic carbocycles. The average molecular weight is 429 g/mol. The number of benzene rings is 2. The fourth-order valence-corrected chi connectivity index (χ4v) is 5.24. The summed E-state index contributed by atoms with van der Waals surface area (Å²) in [6.45, 7) is 8.40. The van der Waals surface area contributed by atoms with Crippen LogP contribution in [-0.4, -0.2) is 35.7 Å². The van der Waals surface area contributed by atoms with Crippen molar-refractivity contribution in [3.63, 3.8) is 0 Å². The predicted octanol–water partition coefficient (Wildman–Crippen LogP) is 4.98. The Morgan fingerprint density at radius 1 is 0.594 bits per heavy atom. The number of hydrogen-bond donors (Lipinski definition) is 0. The Morgan fingerprint density at radius 2 is 0.906 bits per heavy atom. The molecule has 0 N–H and O–H groups in total. The summed E-state index contributed by atoms with van der Waals surface area (Å²) in [7, 11) is 3.60. The van der Waals surface area contributed by atoms with E-state index in [0.29, 0.717) is 0 Å². The van der Waals surface area contributed by atoms with E-state index in [-0.39, 0.29) is 11.8 Å². The maximum absolute atomic E-state index is 13.5. The molecule has 2 aliphatic heterocycles. The standard InChI is InChI=1S/C28H32N2O2/c1-27(2,17-19-13-9-7-10-14-19)21-23-24(30(6)25(21)31)22(26(32)29(23)5)28(3,4)18-20-15-11-8-12-16-20/h7-16H,17-18H2,1-6H3. The van der Waals surface area contributed by atoms with Crippen LogP contribution in [0.25, 0.3) is 0 Å². The second kappa shape index (κ2) is 7.77. The predicted molar refractivity (Wildman–Crippen MR) is 127 cm³/mol. The molecule has 0 saturated heterocycles. The molecule has 32 heavy (non-hydrogen) atoms. The molecule has 0 atom stereocenters. The van der Waals surface area contributed by atoms with Crippen molar-refractivity contribution in [2.75, 3.05) is 14.1 Å². The summed E-state index contributed by atoms with van der Waals surface area (Å²) in [4.78, 5) is 30.5. The van der Waals surface area contributed by atoms with Gasteiger partial charge in [0, 0.05) is 36.1 Å². The molecule has 0 spiro atoms. The van der Waals surface area contributed by atoms with Gasteiger partial charge < -0.3 is 9.80 Å². The average Bonchev–Trinajstić information content (AvgIpc) is 3.14. The first-order chi connectivity index (χ1) is 15.0. The second-order valence-corrected chi connectivity index (χ2v) is 10.3. The monoisotopic (exact) mass is 428 g/mol. The van der Waals surface area contributed by atoms with Crippen LogP contribution in [0.1, 0.15) is 38.8 Å². The van der Waals surface area contributed by atoms with Gasteiger partial charge in [-0.05, 0) is 24.0 Å². The van der Waals surface area contributed by atoms with E-state index in [0.717, 1.165) is 35.4 Å².